The SMILES string of the molecule is CCOP(=O)(CC(=O)C1C=C2C=CC=CC2S1)OCC. The summed E-state index contributed by atoms with van der Waals surface area (Å²) in [7, 11) is -3.30. The molecule has 0 spiro atoms. The van der Waals surface area contributed by atoms with Crippen LogP contribution >= 0.6 is 19.4 Å². The van der Waals surface area contributed by atoms with Gasteiger partial charge in [0.25, 0.3) is 0 Å². The van der Waals surface area contributed by atoms with Gasteiger partial charge in [-0.3, -0.25) is 9.36 Å². The Morgan fingerprint density at radius 3 is 2.60 bits per heavy atom. The van der Waals surface area contributed by atoms with Crippen LogP contribution in [0.25, 0.3) is 0 Å². The molecule has 0 saturated carbocycles. The van der Waals surface area contributed by atoms with Gasteiger partial charge in [-0.05, 0) is 19.4 Å². The van der Waals surface area contributed by atoms with Crippen molar-refractivity contribution < 1.29 is 18.4 Å². The minimum absolute atomic E-state index is 0.0936. The Hall–Kier alpha value is -0.610. The Morgan fingerprint density at radius 1 is 1.30 bits per heavy atom. The van der Waals surface area contributed by atoms with Crippen LogP contribution in [0.2, 0.25) is 0 Å². The Balaban J connectivity index is 2.02. The van der Waals surface area contributed by atoms with Crippen molar-refractivity contribution >= 4 is 25.1 Å². The molecule has 0 radical (unpaired) electrons. The summed E-state index contributed by atoms with van der Waals surface area (Å²) in [6, 6.07) is 0. The summed E-state index contributed by atoms with van der Waals surface area (Å²) in [6.07, 6.45) is 9.80. The summed E-state index contributed by atoms with van der Waals surface area (Å²) in [4.78, 5) is 12.3. The van der Waals surface area contributed by atoms with Gasteiger partial charge in [0.15, 0.2) is 5.78 Å². The van der Waals surface area contributed by atoms with Crippen molar-refractivity contribution in [3.63, 3.8) is 0 Å². The summed E-state index contributed by atoms with van der Waals surface area (Å²) >= 11 is 1.57. The number of carbonyl (C=O) groups is 1. The fraction of sp³-hybridized carbons (Fsp3) is 0.500. The normalized spacial score (nSPS) is 24.6. The molecule has 0 aromatic carbocycles. The van der Waals surface area contributed by atoms with Crippen molar-refractivity contribution in [3.8, 4) is 0 Å². The lowest BCUT2D eigenvalue weighted by atomic mass is 10.1. The maximum Gasteiger partial charge on any atom is 0.338 e. The molecule has 0 aromatic heterocycles. The fourth-order valence-electron chi connectivity index (χ4n) is 2.16. The predicted octanol–water partition coefficient (Wildman–Crippen LogP) is 3.36. The van der Waals surface area contributed by atoms with Crippen LogP contribution in [0.15, 0.2) is 36.0 Å². The van der Waals surface area contributed by atoms with Gasteiger partial charge in [-0.2, -0.15) is 0 Å². The molecule has 0 bridgehead atoms. The van der Waals surface area contributed by atoms with Crippen molar-refractivity contribution in [2.75, 3.05) is 19.4 Å². The molecule has 0 N–H and O–H groups in total. The number of Topliss-reactive ketones (excluding diaryl/α,β-unsaturated/α-hetero) is 1. The van der Waals surface area contributed by atoms with Crippen molar-refractivity contribution in [2.24, 2.45) is 0 Å². The molecule has 0 amide bonds. The first-order valence-electron chi connectivity index (χ1n) is 6.71. The zero-order valence-electron chi connectivity index (χ0n) is 11.7. The monoisotopic (exact) mass is 314 g/mol. The molecule has 110 valence electrons. The maximum absolute atomic E-state index is 12.4. The van der Waals surface area contributed by atoms with Crippen LogP contribution in [-0.2, 0) is 18.4 Å². The van der Waals surface area contributed by atoms with Gasteiger partial charge in [-0.25, -0.2) is 0 Å². The number of ketones is 1. The molecular formula is C14H19O4PS. The topological polar surface area (TPSA) is 52.6 Å². The summed E-state index contributed by atoms with van der Waals surface area (Å²) in [5, 5.41) is -0.0378. The number of hydrogen-bond acceptors (Lipinski definition) is 5. The smallest absolute Gasteiger partial charge is 0.309 e. The lowest BCUT2D eigenvalue weighted by Gasteiger charge is -2.17. The van der Waals surface area contributed by atoms with E-state index in [-0.39, 0.29) is 35.7 Å². The second-order valence-electron chi connectivity index (χ2n) is 4.46. The highest BCUT2D eigenvalue weighted by atomic mass is 32.2. The number of thioether (sulfide) groups is 1. The summed E-state index contributed by atoms with van der Waals surface area (Å²) < 4.78 is 22.7. The quantitative estimate of drug-likeness (QED) is 0.674. The largest absolute Gasteiger partial charge is 0.338 e. The third-order valence-corrected chi connectivity index (χ3v) is 6.39. The molecule has 1 heterocycles. The maximum atomic E-state index is 12.4. The molecule has 20 heavy (non-hydrogen) atoms. The summed E-state index contributed by atoms with van der Waals surface area (Å²) in [5.74, 6) is -0.0936. The molecule has 2 atom stereocenters. The van der Waals surface area contributed by atoms with Crippen LogP contribution in [0, 0.1) is 0 Å². The molecule has 2 unspecified atom stereocenters. The number of hydrogen-bond donors (Lipinski definition) is 0. The minimum atomic E-state index is -3.30. The Bertz CT molecular complexity index is 499. The van der Waals surface area contributed by atoms with E-state index in [9.17, 15) is 9.36 Å². The van der Waals surface area contributed by atoms with Crippen LogP contribution in [0.4, 0.5) is 0 Å². The van der Waals surface area contributed by atoms with Crippen molar-refractivity contribution in [1.29, 1.82) is 0 Å². The molecule has 2 aliphatic rings. The molecule has 0 aromatic rings. The Labute approximate surface area is 123 Å². The van der Waals surface area contributed by atoms with Gasteiger partial charge in [-0.15, -0.1) is 11.8 Å². The van der Waals surface area contributed by atoms with Crippen LogP contribution in [0.3, 0.4) is 0 Å². The second-order valence-corrected chi connectivity index (χ2v) is 7.80. The average Bonchev–Trinajstić information content (AvgIpc) is 2.82. The van der Waals surface area contributed by atoms with Crippen LogP contribution in [-0.4, -0.2) is 35.7 Å². The van der Waals surface area contributed by atoms with Crippen molar-refractivity contribution in [3.05, 3.63) is 36.0 Å². The highest BCUT2D eigenvalue weighted by molar-refractivity contribution is 8.02. The zero-order valence-corrected chi connectivity index (χ0v) is 13.4. The Kier molecular flexibility index (Phi) is 5.44. The van der Waals surface area contributed by atoms with E-state index in [0.29, 0.717) is 0 Å². The average molecular weight is 314 g/mol. The molecule has 1 aliphatic heterocycles. The number of fused-ring (bicyclic) bond motifs is 1. The van der Waals surface area contributed by atoms with E-state index < -0.39 is 7.60 Å². The van der Waals surface area contributed by atoms with E-state index in [1.165, 1.54) is 0 Å². The van der Waals surface area contributed by atoms with Gasteiger partial charge in [0.1, 0.15) is 6.16 Å². The molecule has 2 rings (SSSR count). The van der Waals surface area contributed by atoms with Crippen LogP contribution in [0.5, 0.6) is 0 Å². The number of allylic oxidation sites excluding steroid dienone is 3. The molecule has 1 aliphatic carbocycles. The van der Waals surface area contributed by atoms with Gasteiger partial charge in [0, 0.05) is 5.25 Å². The standard InChI is InChI=1S/C14H19O4PS/c1-3-17-19(16,18-4-2)10-12(15)14-9-11-7-5-6-8-13(11)20-14/h5-9,13-14H,3-4,10H2,1-2H3. The third kappa shape index (κ3) is 3.73. The van der Waals surface area contributed by atoms with E-state index in [0.717, 1.165) is 5.57 Å². The minimum Gasteiger partial charge on any atom is -0.309 e. The first-order chi connectivity index (χ1) is 9.58. The first kappa shape index (κ1) is 15.8. The van der Waals surface area contributed by atoms with Crippen molar-refractivity contribution in [1.82, 2.24) is 0 Å². The lowest BCUT2D eigenvalue weighted by Crippen LogP contribution is -2.19. The number of carbonyl (C=O) groups excluding carboxylic acids is 1. The molecule has 0 fully saturated rings. The lowest BCUT2D eigenvalue weighted by molar-refractivity contribution is -0.115. The predicted molar refractivity (Wildman–Crippen MR) is 82.3 cm³/mol. The van der Waals surface area contributed by atoms with Crippen LogP contribution in [0.1, 0.15) is 13.8 Å². The highest BCUT2D eigenvalue weighted by Crippen LogP contribution is 2.49. The van der Waals surface area contributed by atoms with E-state index in [4.69, 9.17) is 9.05 Å². The molecule has 6 heteroatoms. The van der Waals surface area contributed by atoms with Gasteiger partial charge in [0.2, 0.25) is 0 Å². The van der Waals surface area contributed by atoms with Gasteiger partial charge < -0.3 is 9.05 Å². The summed E-state index contributed by atoms with van der Waals surface area (Å²) in [6.45, 7) is 4.04. The van der Waals surface area contributed by atoms with Gasteiger partial charge in [0.05, 0.1) is 18.5 Å². The summed E-state index contributed by atoms with van der Waals surface area (Å²) in [5.41, 5.74) is 1.14. The van der Waals surface area contributed by atoms with Crippen LogP contribution < -0.4 is 0 Å². The van der Waals surface area contributed by atoms with Gasteiger partial charge in [-0.1, -0.05) is 30.4 Å². The second kappa shape index (κ2) is 6.90. The van der Waals surface area contributed by atoms with Gasteiger partial charge >= 0.3 is 7.60 Å². The zero-order chi connectivity index (χ0) is 14.6. The third-order valence-electron chi connectivity index (χ3n) is 2.97. The number of rotatable bonds is 7. The van der Waals surface area contributed by atoms with E-state index >= 15 is 0 Å². The fourth-order valence-corrected chi connectivity index (χ4v) is 5.18. The molecule has 0 saturated heterocycles. The van der Waals surface area contributed by atoms with E-state index in [1.807, 2.05) is 24.3 Å². The Morgan fingerprint density at radius 2 is 2.00 bits per heavy atom. The van der Waals surface area contributed by atoms with E-state index in [1.54, 1.807) is 25.6 Å². The first-order valence-corrected chi connectivity index (χ1v) is 9.38. The van der Waals surface area contributed by atoms with Crippen molar-refractivity contribution in [2.45, 2.75) is 24.3 Å². The van der Waals surface area contributed by atoms with E-state index in [2.05, 4.69) is 6.08 Å². The molecule has 4 nitrogen and oxygen atoms in total. The highest BCUT2D eigenvalue weighted by Gasteiger charge is 2.35. The molecular weight excluding hydrogens is 295 g/mol.